The van der Waals surface area contributed by atoms with E-state index in [9.17, 15) is 13.2 Å². The SMILES string of the molecule is CS(=O)(=O)c1cccc(NC(=O)[C@@H]2CCC[C@@H]2CN)c1.Cl. The number of sulfone groups is 1. The average Bonchev–Trinajstić information content (AvgIpc) is 2.86. The van der Waals surface area contributed by atoms with Crippen molar-refractivity contribution in [3.05, 3.63) is 24.3 Å². The Hall–Kier alpha value is -1.11. The zero-order chi connectivity index (χ0) is 14.8. The Morgan fingerprint density at radius 2 is 2.10 bits per heavy atom. The van der Waals surface area contributed by atoms with E-state index in [-0.39, 0.29) is 35.0 Å². The van der Waals surface area contributed by atoms with Gasteiger partial charge < -0.3 is 11.1 Å². The van der Waals surface area contributed by atoms with Gasteiger partial charge in [0.1, 0.15) is 0 Å². The van der Waals surface area contributed by atoms with Gasteiger partial charge in [-0.2, -0.15) is 0 Å². The van der Waals surface area contributed by atoms with E-state index in [0.717, 1.165) is 25.5 Å². The second-order valence-corrected chi connectivity index (χ2v) is 7.34. The van der Waals surface area contributed by atoms with Gasteiger partial charge in [-0.3, -0.25) is 4.79 Å². The van der Waals surface area contributed by atoms with Crippen LogP contribution < -0.4 is 11.1 Å². The lowest BCUT2D eigenvalue weighted by molar-refractivity contribution is -0.120. The zero-order valence-corrected chi connectivity index (χ0v) is 13.5. The smallest absolute Gasteiger partial charge is 0.227 e. The molecule has 0 bridgehead atoms. The molecular weight excluding hydrogens is 312 g/mol. The zero-order valence-electron chi connectivity index (χ0n) is 11.9. The van der Waals surface area contributed by atoms with Gasteiger partial charge in [0.25, 0.3) is 0 Å². The average molecular weight is 333 g/mol. The van der Waals surface area contributed by atoms with Crippen molar-refractivity contribution >= 4 is 33.8 Å². The molecule has 5 nitrogen and oxygen atoms in total. The molecule has 0 aliphatic heterocycles. The van der Waals surface area contributed by atoms with Gasteiger partial charge in [-0.15, -0.1) is 12.4 Å². The molecule has 3 N–H and O–H groups in total. The first-order chi connectivity index (χ1) is 9.41. The number of anilines is 1. The Labute approximate surface area is 131 Å². The van der Waals surface area contributed by atoms with Crippen LogP contribution in [0, 0.1) is 11.8 Å². The molecule has 7 heteroatoms. The lowest BCUT2D eigenvalue weighted by Gasteiger charge is -2.17. The van der Waals surface area contributed by atoms with E-state index >= 15 is 0 Å². The monoisotopic (exact) mass is 332 g/mol. The van der Waals surface area contributed by atoms with Crippen LogP contribution in [0.2, 0.25) is 0 Å². The predicted octanol–water partition coefficient (Wildman–Crippen LogP) is 1.83. The van der Waals surface area contributed by atoms with E-state index in [1.165, 1.54) is 12.1 Å². The molecule has 1 saturated carbocycles. The molecule has 2 atom stereocenters. The van der Waals surface area contributed by atoms with Crippen LogP contribution >= 0.6 is 12.4 Å². The van der Waals surface area contributed by atoms with Gasteiger partial charge in [-0.25, -0.2) is 8.42 Å². The number of hydrogen-bond acceptors (Lipinski definition) is 4. The highest BCUT2D eigenvalue weighted by molar-refractivity contribution is 7.90. The van der Waals surface area contributed by atoms with Crippen molar-refractivity contribution in [2.24, 2.45) is 17.6 Å². The summed E-state index contributed by atoms with van der Waals surface area (Å²) in [5.41, 5.74) is 6.19. The maximum absolute atomic E-state index is 12.2. The van der Waals surface area contributed by atoms with E-state index in [2.05, 4.69) is 5.32 Å². The van der Waals surface area contributed by atoms with E-state index in [0.29, 0.717) is 12.2 Å². The van der Waals surface area contributed by atoms with Crippen LogP contribution in [0.25, 0.3) is 0 Å². The summed E-state index contributed by atoms with van der Waals surface area (Å²) >= 11 is 0. The van der Waals surface area contributed by atoms with Gasteiger partial charge in [0.15, 0.2) is 9.84 Å². The summed E-state index contributed by atoms with van der Waals surface area (Å²) in [6.07, 6.45) is 4.00. The Morgan fingerprint density at radius 1 is 1.38 bits per heavy atom. The van der Waals surface area contributed by atoms with Crippen molar-refractivity contribution in [1.29, 1.82) is 0 Å². The molecule has 21 heavy (non-hydrogen) atoms. The number of carbonyl (C=O) groups is 1. The molecule has 1 amide bonds. The summed E-state index contributed by atoms with van der Waals surface area (Å²) in [5.74, 6) is 0.0959. The molecule has 1 aromatic carbocycles. The number of rotatable bonds is 4. The number of hydrogen-bond donors (Lipinski definition) is 2. The van der Waals surface area contributed by atoms with Gasteiger partial charge in [0, 0.05) is 17.9 Å². The molecule has 118 valence electrons. The van der Waals surface area contributed by atoms with E-state index in [1.54, 1.807) is 12.1 Å². The highest BCUT2D eigenvalue weighted by Gasteiger charge is 2.31. The normalized spacial score (nSPS) is 21.6. The van der Waals surface area contributed by atoms with Crippen molar-refractivity contribution in [2.75, 3.05) is 18.1 Å². The van der Waals surface area contributed by atoms with Gasteiger partial charge in [-0.1, -0.05) is 12.5 Å². The lowest BCUT2D eigenvalue weighted by Crippen LogP contribution is -2.29. The first-order valence-electron chi connectivity index (χ1n) is 6.73. The summed E-state index contributed by atoms with van der Waals surface area (Å²) in [5, 5.41) is 2.80. The minimum absolute atomic E-state index is 0. The molecular formula is C14H21ClN2O3S. The molecule has 0 heterocycles. The second-order valence-electron chi connectivity index (χ2n) is 5.32. The Morgan fingerprint density at radius 3 is 2.71 bits per heavy atom. The third kappa shape index (κ3) is 4.43. The van der Waals surface area contributed by atoms with Crippen LogP contribution in [-0.2, 0) is 14.6 Å². The Bertz CT molecular complexity index is 604. The standard InChI is InChI=1S/C14H20N2O3S.ClH/c1-20(18,19)12-6-3-5-11(8-12)16-14(17)13-7-2-4-10(13)9-15;/h3,5-6,8,10,13H,2,4,7,9,15H2,1H3,(H,16,17);1H/t10-,13-;/m1./s1. The molecule has 0 radical (unpaired) electrons. The molecule has 0 unspecified atom stereocenters. The third-order valence-electron chi connectivity index (χ3n) is 3.83. The fourth-order valence-electron chi connectivity index (χ4n) is 2.70. The first kappa shape index (κ1) is 17.9. The maximum Gasteiger partial charge on any atom is 0.227 e. The van der Waals surface area contributed by atoms with Crippen LogP contribution in [0.1, 0.15) is 19.3 Å². The second kappa shape index (κ2) is 7.24. The lowest BCUT2D eigenvalue weighted by atomic mass is 9.95. The van der Waals surface area contributed by atoms with Gasteiger partial charge in [-0.05, 0) is 43.5 Å². The minimum Gasteiger partial charge on any atom is -0.330 e. The number of halogens is 1. The van der Waals surface area contributed by atoms with Gasteiger partial charge >= 0.3 is 0 Å². The van der Waals surface area contributed by atoms with Crippen LogP contribution in [-0.4, -0.2) is 27.1 Å². The molecule has 0 aromatic heterocycles. The predicted molar refractivity (Wildman–Crippen MR) is 85.3 cm³/mol. The number of carbonyl (C=O) groups excluding carboxylic acids is 1. The highest BCUT2D eigenvalue weighted by Crippen LogP contribution is 2.32. The van der Waals surface area contributed by atoms with Crippen molar-refractivity contribution < 1.29 is 13.2 Å². The molecule has 0 saturated heterocycles. The molecule has 2 rings (SSSR count). The molecule has 0 spiro atoms. The summed E-state index contributed by atoms with van der Waals surface area (Å²) < 4.78 is 23.0. The Kier molecular flexibility index (Phi) is 6.19. The van der Waals surface area contributed by atoms with Crippen molar-refractivity contribution in [2.45, 2.75) is 24.2 Å². The van der Waals surface area contributed by atoms with E-state index in [1.807, 2.05) is 0 Å². The Balaban J connectivity index is 0.00000220. The summed E-state index contributed by atoms with van der Waals surface area (Å²) in [6.45, 7) is 0.515. The number of amides is 1. The number of benzene rings is 1. The maximum atomic E-state index is 12.2. The highest BCUT2D eigenvalue weighted by atomic mass is 35.5. The number of nitrogens with two attached hydrogens (primary N) is 1. The molecule has 1 aromatic rings. The largest absolute Gasteiger partial charge is 0.330 e. The van der Waals surface area contributed by atoms with Crippen molar-refractivity contribution in [3.63, 3.8) is 0 Å². The van der Waals surface area contributed by atoms with Crippen LogP contribution in [0.15, 0.2) is 29.2 Å². The third-order valence-corrected chi connectivity index (χ3v) is 4.94. The topological polar surface area (TPSA) is 89.3 Å². The van der Waals surface area contributed by atoms with Gasteiger partial charge in [0.05, 0.1) is 4.90 Å². The quantitative estimate of drug-likeness (QED) is 0.880. The summed E-state index contributed by atoms with van der Waals surface area (Å²) in [4.78, 5) is 12.4. The molecule has 1 aliphatic rings. The van der Waals surface area contributed by atoms with Crippen LogP contribution in [0.5, 0.6) is 0 Å². The first-order valence-corrected chi connectivity index (χ1v) is 8.62. The summed E-state index contributed by atoms with van der Waals surface area (Å²) in [6, 6.07) is 6.32. The van der Waals surface area contributed by atoms with Crippen molar-refractivity contribution in [3.8, 4) is 0 Å². The summed E-state index contributed by atoms with van der Waals surface area (Å²) in [7, 11) is -3.27. The number of nitrogens with one attached hydrogen (secondary N) is 1. The minimum atomic E-state index is -3.27. The van der Waals surface area contributed by atoms with Gasteiger partial charge in [0.2, 0.25) is 5.91 Å². The fraction of sp³-hybridized carbons (Fsp3) is 0.500. The van der Waals surface area contributed by atoms with E-state index < -0.39 is 9.84 Å². The fourth-order valence-corrected chi connectivity index (χ4v) is 3.37. The molecule has 1 fully saturated rings. The van der Waals surface area contributed by atoms with Crippen LogP contribution in [0.3, 0.4) is 0 Å². The van der Waals surface area contributed by atoms with Crippen LogP contribution in [0.4, 0.5) is 5.69 Å². The molecule has 1 aliphatic carbocycles. The van der Waals surface area contributed by atoms with Crippen molar-refractivity contribution in [1.82, 2.24) is 0 Å². The van der Waals surface area contributed by atoms with E-state index in [4.69, 9.17) is 5.73 Å².